The molecule has 1 amide bonds. The molecule has 0 bridgehead atoms. The fraction of sp³-hybridized carbons (Fsp3) is 0.263. The fourth-order valence-electron chi connectivity index (χ4n) is 2.11. The van der Waals surface area contributed by atoms with Gasteiger partial charge in [-0.15, -0.1) is 0 Å². The first-order chi connectivity index (χ1) is 12.0. The van der Waals surface area contributed by atoms with Crippen LogP contribution in [0.15, 0.2) is 48.5 Å². The predicted octanol–water partition coefficient (Wildman–Crippen LogP) is 3.99. The number of hydrogen-bond acceptors (Lipinski definition) is 4. The summed E-state index contributed by atoms with van der Waals surface area (Å²) in [4.78, 5) is 24.1. The van der Waals surface area contributed by atoms with Crippen LogP contribution in [0.1, 0.15) is 18.9 Å². The summed E-state index contributed by atoms with van der Waals surface area (Å²) < 4.78 is 10.6. The summed E-state index contributed by atoms with van der Waals surface area (Å²) in [6.45, 7) is 3.27. The highest BCUT2D eigenvalue weighted by Gasteiger charge is 2.21. The molecule has 0 fully saturated rings. The van der Waals surface area contributed by atoms with E-state index in [1.807, 2.05) is 32.0 Å². The predicted molar refractivity (Wildman–Crippen MR) is 96.9 cm³/mol. The van der Waals surface area contributed by atoms with E-state index >= 15 is 0 Å². The van der Waals surface area contributed by atoms with Gasteiger partial charge in [0.05, 0.1) is 0 Å². The van der Waals surface area contributed by atoms with Crippen LogP contribution in [0.5, 0.6) is 5.75 Å². The van der Waals surface area contributed by atoms with E-state index in [-0.39, 0.29) is 6.61 Å². The number of aryl methyl sites for hydroxylation is 1. The van der Waals surface area contributed by atoms with Crippen molar-refractivity contribution in [2.24, 2.45) is 0 Å². The number of ether oxygens (including phenoxy) is 2. The maximum absolute atomic E-state index is 12.1. The minimum Gasteiger partial charge on any atom is -0.479 e. The molecule has 132 valence electrons. The van der Waals surface area contributed by atoms with Crippen LogP contribution in [-0.2, 0) is 14.3 Å². The number of anilines is 1. The minimum absolute atomic E-state index is 0.389. The van der Waals surface area contributed by atoms with Gasteiger partial charge in [0.1, 0.15) is 5.75 Å². The van der Waals surface area contributed by atoms with Crippen molar-refractivity contribution in [2.75, 3.05) is 11.9 Å². The molecule has 0 aliphatic heterocycles. The lowest BCUT2D eigenvalue weighted by atomic mass is 10.2. The first-order valence-electron chi connectivity index (χ1n) is 7.94. The Kier molecular flexibility index (Phi) is 6.83. The van der Waals surface area contributed by atoms with Crippen LogP contribution < -0.4 is 10.1 Å². The SMILES string of the molecule is CC[C@H](Oc1ccccc1)C(=O)OCC(=O)Nc1cc(Cl)ccc1C. The summed E-state index contributed by atoms with van der Waals surface area (Å²) in [5.41, 5.74) is 1.45. The topological polar surface area (TPSA) is 64.6 Å². The summed E-state index contributed by atoms with van der Waals surface area (Å²) in [6.07, 6.45) is -0.328. The number of para-hydroxylation sites is 1. The Labute approximate surface area is 151 Å². The van der Waals surface area contributed by atoms with E-state index in [1.165, 1.54) is 0 Å². The summed E-state index contributed by atoms with van der Waals surface area (Å²) in [5, 5.41) is 3.19. The van der Waals surface area contributed by atoms with Gasteiger partial charge in [-0.05, 0) is 43.2 Å². The zero-order valence-electron chi connectivity index (χ0n) is 14.1. The maximum atomic E-state index is 12.1. The highest BCUT2D eigenvalue weighted by molar-refractivity contribution is 6.31. The van der Waals surface area contributed by atoms with Crippen LogP contribution >= 0.6 is 11.6 Å². The number of carbonyl (C=O) groups is 2. The summed E-state index contributed by atoms with van der Waals surface area (Å²) in [5.74, 6) is -0.442. The highest BCUT2D eigenvalue weighted by Crippen LogP contribution is 2.20. The molecule has 2 aromatic carbocycles. The molecule has 0 aliphatic carbocycles. The molecule has 2 rings (SSSR count). The van der Waals surface area contributed by atoms with Gasteiger partial charge in [0, 0.05) is 10.7 Å². The average Bonchev–Trinajstić information content (AvgIpc) is 2.61. The molecule has 0 radical (unpaired) electrons. The third-order valence-corrected chi connectivity index (χ3v) is 3.71. The molecular weight excluding hydrogens is 342 g/mol. The smallest absolute Gasteiger partial charge is 0.347 e. The van der Waals surface area contributed by atoms with Gasteiger partial charge in [0.15, 0.2) is 12.7 Å². The summed E-state index contributed by atoms with van der Waals surface area (Å²) in [6, 6.07) is 14.2. The van der Waals surface area contributed by atoms with Crippen LogP contribution in [0.25, 0.3) is 0 Å². The van der Waals surface area contributed by atoms with Gasteiger partial charge in [-0.25, -0.2) is 4.79 Å². The lowest BCUT2D eigenvalue weighted by Crippen LogP contribution is -2.31. The van der Waals surface area contributed by atoms with Crippen molar-refractivity contribution in [3.8, 4) is 5.75 Å². The van der Waals surface area contributed by atoms with Crippen molar-refractivity contribution in [3.63, 3.8) is 0 Å². The van der Waals surface area contributed by atoms with E-state index in [4.69, 9.17) is 21.1 Å². The number of carbonyl (C=O) groups excluding carboxylic acids is 2. The lowest BCUT2D eigenvalue weighted by Gasteiger charge is -2.16. The molecule has 1 atom stereocenters. The molecule has 0 unspecified atom stereocenters. The zero-order chi connectivity index (χ0) is 18.2. The number of nitrogens with one attached hydrogen (secondary N) is 1. The maximum Gasteiger partial charge on any atom is 0.347 e. The van der Waals surface area contributed by atoms with Crippen molar-refractivity contribution in [2.45, 2.75) is 26.4 Å². The van der Waals surface area contributed by atoms with Crippen LogP contribution in [0.2, 0.25) is 5.02 Å². The van der Waals surface area contributed by atoms with Gasteiger partial charge in [0.25, 0.3) is 5.91 Å². The van der Waals surface area contributed by atoms with E-state index in [2.05, 4.69) is 5.32 Å². The van der Waals surface area contributed by atoms with Crippen molar-refractivity contribution >= 4 is 29.2 Å². The number of halogens is 1. The van der Waals surface area contributed by atoms with E-state index < -0.39 is 18.0 Å². The fourth-order valence-corrected chi connectivity index (χ4v) is 2.28. The Balaban J connectivity index is 1.87. The largest absolute Gasteiger partial charge is 0.479 e. The van der Waals surface area contributed by atoms with Gasteiger partial charge in [0.2, 0.25) is 0 Å². The molecule has 6 heteroatoms. The average molecular weight is 362 g/mol. The van der Waals surface area contributed by atoms with E-state index in [1.54, 1.807) is 30.3 Å². The number of benzene rings is 2. The minimum atomic E-state index is -0.761. The van der Waals surface area contributed by atoms with Gasteiger partial charge < -0.3 is 14.8 Å². The van der Waals surface area contributed by atoms with Crippen molar-refractivity contribution < 1.29 is 19.1 Å². The Morgan fingerprint density at radius 1 is 1.16 bits per heavy atom. The molecule has 0 aliphatic rings. The van der Waals surface area contributed by atoms with E-state index in [0.717, 1.165) is 5.56 Å². The quantitative estimate of drug-likeness (QED) is 0.757. The second kappa shape index (κ2) is 9.08. The molecule has 0 heterocycles. The van der Waals surface area contributed by atoms with Gasteiger partial charge in [-0.3, -0.25) is 4.79 Å². The summed E-state index contributed by atoms with van der Waals surface area (Å²) >= 11 is 5.91. The van der Waals surface area contributed by atoms with Gasteiger partial charge >= 0.3 is 5.97 Å². The number of rotatable bonds is 7. The lowest BCUT2D eigenvalue weighted by molar-refractivity contribution is -0.154. The second-order valence-electron chi connectivity index (χ2n) is 5.44. The standard InChI is InChI=1S/C19H20ClNO4/c1-3-17(25-15-7-5-4-6-8-15)19(23)24-12-18(22)21-16-11-14(20)10-9-13(16)2/h4-11,17H,3,12H2,1-2H3,(H,21,22)/t17-/m0/s1. The molecule has 25 heavy (non-hydrogen) atoms. The molecule has 0 spiro atoms. The first kappa shape index (κ1) is 18.8. The highest BCUT2D eigenvalue weighted by atomic mass is 35.5. The van der Waals surface area contributed by atoms with Gasteiger partial charge in [-0.2, -0.15) is 0 Å². The molecule has 1 N–H and O–H groups in total. The normalized spacial score (nSPS) is 11.5. The molecule has 5 nitrogen and oxygen atoms in total. The van der Waals surface area contributed by atoms with Gasteiger partial charge in [-0.1, -0.05) is 42.8 Å². The number of amides is 1. The van der Waals surface area contributed by atoms with Crippen molar-refractivity contribution in [1.82, 2.24) is 0 Å². The second-order valence-corrected chi connectivity index (χ2v) is 5.88. The van der Waals surface area contributed by atoms with Crippen molar-refractivity contribution in [3.05, 3.63) is 59.1 Å². The monoisotopic (exact) mass is 361 g/mol. The molecule has 2 aromatic rings. The third-order valence-electron chi connectivity index (χ3n) is 3.47. The molecular formula is C19H20ClNO4. The zero-order valence-corrected chi connectivity index (χ0v) is 14.9. The Morgan fingerprint density at radius 2 is 1.88 bits per heavy atom. The first-order valence-corrected chi connectivity index (χ1v) is 8.31. The van der Waals surface area contributed by atoms with E-state index in [0.29, 0.717) is 22.9 Å². The molecule has 0 saturated heterocycles. The number of hydrogen-bond donors (Lipinski definition) is 1. The van der Waals surface area contributed by atoms with Crippen LogP contribution in [0, 0.1) is 6.92 Å². The Bertz CT molecular complexity index is 733. The summed E-state index contributed by atoms with van der Waals surface area (Å²) in [7, 11) is 0. The molecule has 0 saturated carbocycles. The van der Waals surface area contributed by atoms with Crippen LogP contribution in [0.3, 0.4) is 0 Å². The van der Waals surface area contributed by atoms with Crippen LogP contribution in [0.4, 0.5) is 5.69 Å². The molecule has 0 aromatic heterocycles. The third kappa shape index (κ3) is 5.80. The van der Waals surface area contributed by atoms with E-state index in [9.17, 15) is 9.59 Å². The Morgan fingerprint density at radius 3 is 2.56 bits per heavy atom. The Hall–Kier alpha value is -2.53. The van der Waals surface area contributed by atoms with Crippen LogP contribution in [-0.4, -0.2) is 24.6 Å². The number of esters is 1. The van der Waals surface area contributed by atoms with Crippen molar-refractivity contribution in [1.29, 1.82) is 0 Å².